The molecule has 0 heterocycles. The van der Waals surface area contributed by atoms with Gasteiger partial charge in [0.1, 0.15) is 0 Å². The minimum atomic E-state index is -0.144. The molecule has 1 N–H and O–H groups in total. The monoisotopic (exact) mass is 405 g/mol. The first kappa shape index (κ1) is 20.2. The van der Waals surface area contributed by atoms with Crippen molar-refractivity contribution in [2.45, 2.75) is 44.6 Å². The summed E-state index contributed by atoms with van der Waals surface area (Å²) in [4.78, 5) is 11.7. The summed E-state index contributed by atoms with van der Waals surface area (Å²) in [7, 11) is 2.00. The van der Waals surface area contributed by atoms with Crippen molar-refractivity contribution in [2.75, 3.05) is 13.7 Å². The van der Waals surface area contributed by atoms with Crippen LogP contribution in [0.5, 0.6) is 0 Å². The molecule has 0 saturated carbocycles. The number of esters is 1. The topological polar surface area (TPSA) is 38.3 Å². The lowest BCUT2D eigenvalue weighted by Crippen LogP contribution is -2.24. The van der Waals surface area contributed by atoms with E-state index in [1.54, 1.807) is 0 Å². The van der Waals surface area contributed by atoms with Crippen LogP contribution in [0.25, 0.3) is 0 Å². The molecule has 0 unspecified atom stereocenters. The molecule has 3 nitrogen and oxygen atoms in total. The SMILES string of the molecule is CCOC(=O)CCc1ccc2c(c1)[C@@H](NC)CC[C@H]2c1ccc(Cl)c(Cl)c1. The molecular weight excluding hydrogens is 381 g/mol. The van der Waals surface area contributed by atoms with Gasteiger partial charge in [-0.25, -0.2) is 0 Å². The molecule has 0 aliphatic heterocycles. The van der Waals surface area contributed by atoms with E-state index >= 15 is 0 Å². The number of hydrogen-bond acceptors (Lipinski definition) is 3. The van der Waals surface area contributed by atoms with E-state index in [0.717, 1.165) is 18.4 Å². The predicted octanol–water partition coefficient (Wildman–Crippen LogP) is 5.68. The maximum absolute atomic E-state index is 11.7. The van der Waals surface area contributed by atoms with Crippen LogP contribution in [0.4, 0.5) is 0 Å². The molecule has 0 spiro atoms. The van der Waals surface area contributed by atoms with E-state index in [1.165, 1.54) is 16.7 Å². The molecule has 0 fully saturated rings. The average Bonchev–Trinajstić information content (AvgIpc) is 2.67. The molecule has 1 aliphatic carbocycles. The first-order chi connectivity index (χ1) is 13.0. The number of aryl methyl sites for hydroxylation is 1. The molecule has 3 rings (SSSR count). The number of fused-ring (bicyclic) bond motifs is 1. The van der Waals surface area contributed by atoms with E-state index in [2.05, 4.69) is 29.6 Å². The van der Waals surface area contributed by atoms with Gasteiger partial charge in [0.2, 0.25) is 0 Å². The fraction of sp³-hybridized carbons (Fsp3) is 0.409. The molecule has 0 amide bonds. The number of carbonyl (C=O) groups excluding carboxylic acids is 1. The molecule has 0 radical (unpaired) electrons. The van der Waals surface area contributed by atoms with Gasteiger partial charge in [-0.05, 0) is 67.6 Å². The normalized spacial score (nSPS) is 18.8. The van der Waals surface area contributed by atoms with Crippen molar-refractivity contribution in [3.05, 3.63) is 68.7 Å². The van der Waals surface area contributed by atoms with Gasteiger partial charge in [0.15, 0.2) is 0 Å². The summed E-state index contributed by atoms with van der Waals surface area (Å²) >= 11 is 12.3. The molecular formula is C22H25Cl2NO2. The molecule has 2 aromatic carbocycles. The zero-order valence-electron chi connectivity index (χ0n) is 15.7. The van der Waals surface area contributed by atoms with Crippen LogP contribution in [0.3, 0.4) is 0 Å². The summed E-state index contributed by atoms with van der Waals surface area (Å²) in [6.45, 7) is 2.26. The quantitative estimate of drug-likeness (QED) is 0.628. The lowest BCUT2D eigenvalue weighted by molar-refractivity contribution is -0.143. The predicted molar refractivity (Wildman–Crippen MR) is 111 cm³/mol. The maximum Gasteiger partial charge on any atom is 0.306 e. The highest BCUT2D eigenvalue weighted by Gasteiger charge is 2.28. The summed E-state index contributed by atoms with van der Waals surface area (Å²) in [5, 5.41) is 4.60. The number of halogens is 2. The number of nitrogens with one attached hydrogen (secondary N) is 1. The highest BCUT2D eigenvalue weighted by molar-refractivity contribution is 6.42. The molecule has 5 heteroatoms. The Bertz CT molecular complexity index is 822. The average molecular weight is 406 g/mol. The zero-order valence-corrected chi connectivity index (χ0v) is 17.2. The van der Waals surface area contributed by atoms with Crippen LogP contribution in [-0.2, 0) is 16.0 Å². The van der Waals surface area contributed by atoms with Crippen molar-refractivity contribution in [1.29, 1.82) is 0 Å². The summed E-state index contributed by atoms with van der Waals surface area (Å²) in [5.74, 6) is 0.160. The standard InChI is InChI=1S/C22H25Cl2NO2/c1-3-27-22(26)11-5-14-4-7-17-16(8-10-21(25-2)18(17)12-14)15-6-9-19(23)20(24)13-15/h4,6-7,9,12-13,16,21,25H,3,5,8,10-11H2,1-2H3/t16-,21-/m0/s1. The van der Waals surface area contributed by atoms with Gasteiger partial charge < -0.3 is 10.1 Å². The van der Waals surface area contributed by atoms with Crippen LogP contribution in [0.15, 0.2) is 36.4 Å². The fourth-order valence-electron chi connectivity index (χ4n) is 3.90. The summed E-state index contributed by atoms with van der Waals surface area (Å²) < 4.78 is 5.04. The number of ether oxygens (including phenoxy) is 1. The van der Waals surface area contributed by atoms with Crippen molar-refractivity contribution >= 4 is 29.2 Å². The van der Waals surface area contributed by atoms with Gasteiger partial charge in [0, 0.05) is 18.4 Å². The van der Waals surface area contributed by atoms with Crippen LogP contribution in [0, 0.1) is 0 Å². The smallest absolute Gasteiger partial charge is 0.306 e. The Morgan fingerprint density at radius 2 is 1.93 bits per heavy atom. The molecule has 27 heavy (non-hydrogen) atoms. The largest absolute Gasteiger partial charge is 0.466 e. The Balaban J connectivity index is 1.88. The van der Waals surface area contributed by atoms with E-state index in [9.17, 15) is 4.79 Å². The molecule has 2 aromatic rings. The molecule has 0 aromatic heterocycles. The first-order valence-electron chi connectivity index (χ1n) is 9.44. The van der Waals surface area contributed by atoms with Crippen molar-refractivity contribution in [3.8, 4) is 0 Å². The third-order valence-corrected chi connectivity index (χ3v) is 6.00. The highest BCUT2D eigenvalue weighted by Crippen LogP contribution is 2.42. The molecule has 0 saturated heterocycles. The van der Waals surface area contributed by atoms with Crippen LogP contribution in [-0.4, -0.2) is 19.6 Å². The molecule has 1 aliphatic rings. The summed E-state index contributed by atoms with van der Waals surface area (Å²) in [6.07, 6.45) is 3.21. The van der Waals surface area contributed by atoms with Gasteiger partial charge in [-0.3, -0.25) is 4.79 Å². The molecule has 0 bridgehead atoms. The van der Waals surface area contributed by atoms with Crippen LogP contribution in [0.2, 0.25) is 10.0 Å². The minimum absolute atomic E-state index is 0.144. The van der Waals surface area contributed by atoms with Crippen LogP contribution in [0.1, 0.15) is 60.4 Å². The van der Waals surface area contributed by atoms with E-state index in [1.807, 2.05) is 26.1 Å². The highest BCUT2D eigenvalue weighted by atomic mass is 35.5. The van der Waals surface area contributed by atoms with Gasteiger partial charge in [-0.1, -0.05) is 47.5 Å². The minimum Gasteiger partial charge on any atom is -0.466 e. The second-order valence-corrected chi connectivity index (χ2v) is 7.73. The third kappa shape index (κ3) is 4.66. The fourth-order valence-corrected chi connectivity index (χ4v) is 4.20. The number of carbonyl (C=O) groups is 1. The summed E-state index contributed by atoms with van der Waals surface area (Å²) in [5.41, 5.74) is 4.98. The Kier molecular flexibility index (Phi) is 6.80. The van der Waals surface area contributed by atoms with Gasteiger partial charge in [0.05, 0.1) is 16.7 Å². The first-order valence-corrected chi connectivity index (χ1v) is 10.2. The van der Waals surface area contributed by atoms with Gasteiger partial charge in [0.25, 0.3) is 0 Å². The lowest BCUT2D eigenvalue weighted by atomic mass is 9.76. The van der Waals surface area contributed by atoms with E-state index in [4.69, 9.17) is 27.9 Å². The van der Waals surface area contributed by atoms with Gasteiger partial charge in [-0.2, -0.15) is 0 Å². The number of benzene rings is 2. The van der Waals surface area contributed by atoms with Crippen molar-refractivity contribution < 1.29 is 9.53 Å². The summed E-state index contributed by atoms with van der Waals surface area (Å²) in [6, 6.07) is 12.8. The lowest BCUT2D eigenvalue weighted by Gasteiger charge is -2.32. The third-order valence-electron chi connectivity index (χ3n) is 5.26. The second-order valence-electron chi connectivity index (χ2n) is 6.91. The van der Waals surface area contributed by atoms with Crippen LogP contribution < -0.4 is 5.32 Å². The Morgan fingerprint density at radius 3 is 2.63 bits per heavy atom. The van der Waals surface area contributed by atoms with Crippen LogP contribution >= 0.6 is 23.2 Å². The van der Waals surface area contributed by atoms with Crippen molar-refractivity contribution in [3.63, 3.8) is 0 Å². The van der Waals surface area contributed by atoms with E-state index in [0.29, 0.717) is 41.5 Å². The van der Waals surface area contributed by atoms with Gasteiger partial charge >= 0.3 is 5.97 Å². The number of hydrogen-bond donors (Lipinski definition) is 1. The van der Waals surface area contributed by atoms with E-state index in [-0.39, 0.29) is 5.97 Å². The van der Waals surface area contributed by atoms with Crippen molar-refractivity contribution in [1.82, 2.24) is 5.32 Å². The Labute approximate surface area is 171 Å². The zero-order chi connectivity index (χ0) is 19.4. The van der Waals surface area contributed by atoms with E-state index < -0.39 is 0 Å². The second kappa shape index (κ2) is 9.09. The Morgan fingerprint density at radius 1 is 1.11 bits per heavy atom. The molecule has 144 valence electrons. The Hall–Kier alpha value is -1.55. The van der Waals surface area contributed by atoms with Crippen molar-refractivity contribution in [2.24, 2.45) is 0 Å². The number of rotatable bonds is 6. The van der Waals surface area contributed by atoms with Gasteiger partial charge in [-0.15, -0.1) is 0 Å². The maximum atomic E-state index is 11.7. The molecule has 2 atom stereocenters.